The molecule has 0 radical (unpaired) electrons. The maximum Gasteiger partial charge on any atom is 0.158 e. The third kappa shape index (κ3) is 3.77. The van der Waals surface area contributed by atoms with Crippen molar-refractivity contribution in [3.8, 4) is 0 Å². The summed E-state index contributed by atoms with van der Waals surface area (Å²) in [5, 5.41) is 5.51. The Balaban J connectivity index is 0.000000134. The van der Waals surface area contributed by atoms with Gasteiger partial charge in [-0.05, 0) is 36.4 Å². The number of benzene rings is 4. The minimum atomic E-state index is 0.693. The first-order valence-electron chi connectivity index (χ1n) is 8.84. The minimum absolute atomic E-state index is 0.693. The maximum atomic E-state index is 5.83. The summed E-state index contributed by atoms with van der Waals surface area (Å²) in [6.45, 7) is 0. The fraction of sp³-hybridized carbons (Fsp3) is 0. The van der Waals surface area contributed by atoms with Crippen LogP contribution in [0.25, 0.3) is 21.9 Å². The van der Waals surface area contributed by atoms with E-state index in [9.17, 15) is 0 Å². The highest BCUT2D eigenvalue weighted by Gasteiger charge is 2.07. The summed E-state index contributed by atoms with van der Waals surface area (Å²) in [4.78, 5) is 0. The highest BCUT2D eigenvalue weighted by molar-refractivity contribution is 6.08. The zero-order chi connectivity index (χ0) is 18.5. The Kier molecular flexibility index (Phi) is 4.75. The van der Waals surface area contributed by atoms with Gasteiger partial charge in [0.25, 0.3) is 0 Å². The van der Waals surface area contributed by atoms with E-state index in [1.54, 1.807) is 0 Å². The molecule has 0 bridgehead atoms. The van der Waals surface area contributed by atoms with Gasteiger partial charge in [-0.2, -0.15) is 0 Å². The lowest BCUT2D eigenvalue weighted by atomic mass is 10.1. The number of furan rings is 1. The van der Waals surface area contributed by atoms with E-state index >= 15 is 0 Å². The molecule has 1 aromatic heterocycles. The van der Waals surface area contributed by atoms with Crippen molar-refractivity contribution in [1.29, 1.82) is 0 Å². The highest BCUT2D eigenvalue weighted by atomic mass is 16.3. The lowest BCUT2D eigenvalue weighted by Gasteiger charge is -2.04. The van der Waals surface area contributed by atoms with Gasteiger partial charge in [0.15, 0.2) is 5.58 Å². The van der Waals surface area contributed by atoms with Crippen molar-refractivity contribution in [3.05, 3.63) is 103 Å². The molecule has 5 rings (SSSR count). The van der Waals surface area contributed by atoms with Crippen molar-refractivity contribution in [3.63, 3.8) is 0 Å². The molecule has 0 aliphatic heterocycles. The quantitative estimate of drug-likeness (QED) is 0.352. The maximum absolute atomic E-state index is 5.83. The molecule has 0 spiro atoms. The number of rotatable bonds is 2. The van der Waals surface area contributed by atoms with Crippen molar-refractivity contribution in [2.24, 2.45) is 0 Å². The number of hydrogen-bond donors (Lipinski definition) is 2. The van der Waals surface area contributed by atoms with Crippen LogP contribution in [-0.4, -0.2) is 0 Å². The molecule has 5 aromatic rings. The first-order chi connectivity index (χ1) is 13.3. The molecular formula is C24H20N2O. The molecule has 0 atom stereocenters. The molecule has 0 saturated heterocycles. The zero-order valence-electron chi connectivity index (χ0n) is 14.8. The Morgan fingerprint density at radius 2 is 1.11 bits per heavy atom. The van der Waals surface area contributed by atoms with E-state index in [0.29, 0.717) is 5.69 Å². The number of hydrogen-bond acceptors (Lipinski definition) is 3. The molecule has 0 aliphatic rings. The van der Waals surface area contributed by atoms with E-state index in [-0.39, 0.29) is 0 Å². The number of fused-ring (bicyclic) bond motifs is 3. The standard InChI is InChI=1S/C12H9NO.C12H11N/c13-10-6-3-5-9-8-4-1-2-7-11(8)14-12(9)10;1-3-7-11(8-4-1)13-12-9-5-2-6-10-12/h1-7H,13H2;1-10,13H. The van der Waals surface area contributed by atoms with E-state index in [1.165, 1.54) is 0 Å². The largest absolute Gasteiger partial charge is 0.454 e. The summed E-state index contributed by atoms with van der Waals surface area (Å²) in [5.74, 6) is 0. The van der Waals surface area contributed by atoms with Crippen LogP contribution in [0, 0.1) is 0 Å². The molecule has 4 aromatic carbocycles. The molecule has 132 valence electrons. The number of nitrogens with one attached hydrogen (secondary N) is 1. The van der Waals surface area contributed by atoms with Crippen LogP contribution in [0.15, 0.2) is 108 Å². The van der Waals surface area contributed by atoms with Crippen LogP contribution in [0.1, 0.15) is 0 Å². The van der Waals surface area contributed by atoms with E-state index < -0.39 is 0 Å². The summed E-state index contributed by atoms with van der Waals surface area (Å²) in [6, 6.07) is 34.1. The first-order valence-corrected chi connectivity index (χ1v) is 8.84. The summed E-state index contributed by atoms with van der Waals surface area (Å²) < 4.78 is 5.66. The monoisotopic (exact) mass is 352 g/mol. The molecule has 3 heteroatoms. The van der Waals surface area contributed by atoms with Crippen LogP contribution in [-0.2, 0) is 0 Å². The molecule has 0 fully saturated rings. The van der Waals surface area contributed by atoms with E-state index in [0.717, 1.165) is 33.3 Å². The number of para-hydroxylation sites is 4. The SMILES string of the molecule is Nc1cccc2c1oc1ccccc12.c1ccc(Nc2ccccc2)cc1. The van der Waals surface area contributed by atoms with Crippen LogP contribution >= 0.6 is 0 Å². The Labute approximate surface area is 158 Å². The molecule has 0 unspecified atom stereocenters. The average Bonchev–Trinajstić information content (AvgIpc) is 3.11. The van der Waals surface area contributed by atoms with Gasteiger partial charge in [0.1, 0.15) is 5.58 Å². The molecule has 0 aliphatic carbocycles. The molecule has 27 heavy (non-hydrogen) atoms. The summed E-state index contributed by atoms with van der Waals surface area (Å²) in [5.41, 5.74) is 10.4. The highest BCUT2D eigenvalue weighted by Crippen LogP contribution is 2.31. The van der Waals surface area contributed by atoms with Crippen LogP contribution in [0.3, 0.4) is 0 Å². The van der Waals surface area contributed by atoms with Gasteiger partial charge in [0, 0.05) is 22.1 Å². The molecular weight excluding hydrogens is 332 g/mol. The lowest BCUT2D eigenvalue weighted by molar-refractivity contribution is 0.670. The molecule has 0 amide bonds. The zero-order valence-corrected chi connectivity index (χ0v) is 14.8. The minimum Gasteiger partial charge on any atom is -0.454 e. The number of nitrogen functional groups attached to an aromatic ring is 1. The second kappa shape index (κ2) is 7.67. The van der Waals surface area contributed by atoms with Crippen LogP contribution in [0.5, 0.6) is 0 Å². The van der Waals surface area contributed by atoms with Gasteiger partial charge in [-0.15, -0.1) is 0 Å². The van der Waals surface area contributed by atoms with E-state index in [2.05, 4.69) is 5.32 Å². The summed E-state index contributed by atoms with van der Waals surface area (Å²) in [6.07, 6.45) is 0. The summed E-state index contributed by atoms with van der Waals surface area (Å²) in [7, 11) is 0. The van der Waals surface area contributed by atoms with Gasteiger partial charge in [-0.1, -0.05) is 66.7 Å². The Bertz CT molecular complexity index is 1110. The van der Waals surface area contributed by atoms with Gasteiger partial charge < -0.3 is 15.5 Å². The van der Waals surface area contributed by atoms with Gasteiger partial charge in [-0.25, -0.2) is 0 Å². The summed E-state index contributed by atoms with van der Waals surface area (Å²) >= 11 is 0. The molecule has 1 heterocycles. The van der Waals surface area contributed by atoms with E-state index in [4.69, 9.17) is 10.2 Å². The van der Waals surface area contributed by atoms with Gasteiger partial charge in [0.2, 0.25) is 0 Å². The third-order valence-corrected chi connectivity index (χ3v) is 4.27. The molecule has 3 N–H and O–H groups in total. The van der Waals surface area contributed by atoms with Gasteiger partial charge in [-0.3, -0.25) is 0 Å². The van der Waals surface area contributed by atoms with Crippen molar-refractivity contribution in [2.45, 2.75) is 0 Å². The Morgan fingerprint density at radius 1 is 0.556 bits per heavy atom. The lowest BCUT2D eigenvalue weighted by Crippen LogP contribution is -1.87. The smallest absolute Gasteiger partial charge is 0.158 e. The number of anilines is 3. The Morgan fingerprint density at radius 3 is 1.78 bits per heavy atom. The van der Waals surface area contributed by atoms with Crippen molar-refractivity contribution in [1.82, 2.24) is 0 Å². The van der Waals surface area contributed by atoms with Crippen molar-refractivity contribution in [2.75, 3.05) is 11.1 Å². The second-order valence-corrected chi connectivity index (χ2v) is 6.18. The first kappa shape index (κ1) is 16.7. The van der Waals surface area contributed by atoms with Crippen LogP contribution in [0.4, 0.5) is 17.1 Å². The molecule has 0 saturated carbocycles. The van der Waals surface area contributed by atoms with Crippen LogP contribution < -0.4 is 11.1 Å². The third-order valence-electron chi connectivity index (χ3n) is 4.27. The molecule has 3 nitrogen and oxygen atoms in total. The fourth-order valence-electron chi connectivity index (χ4n) is 2.98. The van der Waals surface area contributed by atoms with Gasteiger partial charge in [0.05, 0.1) is 5.69 Å². The topological polar surface area (TPSA) is 51.2 Å². The van der Waals surface area contributed by atoms with Crippen molar-refractivity contribution >= 4 is 39.0 Å². The van der Waals surface area contributed by atoms with Crippen LogP contribution in [0.2, 0.25) is 0 Å². The second-order valence-electron chi connectivity index (χ2n) is 6.18. The number of nitrogens with two attached hydrogens (primary N) is 1. The normalized spacial score (nSPS) is 10.4. The predicted octanol–water partition coefficient (Wildman–Crippen LogP) is 6.60. The van der Waals surface area contributed by atoms with Gasteiger partial charge >= 0.3 is 0 Å². The Hall–Kier alpha value is -3.72. The fourth-order valence-corrected chi connectivity index (χ4v) is 2.98. The predicted molar refractivity (Wildman–Crippen MR) is 114 cm³/mol. The van der Waals surface area contributed by atoms with Crippen molar-refractivity contribution < 1.29 is 4.42 Å². The van der Waals surface area contributed by atoms with E-state index in [1.807, 2.05) is 103 Å². The average molecular weight is 352 g/mol.